The molecule has 282 valence electrons. The predicted octanol–water partition coefficient (Wildman–Crippen LogP) is -9.60. The molecule has 28 heteroatoms. The fourth-order valence-corrected chi connectivity index (χ4v) is 8.32. The monoisotopic (exact) mass is 922 g/mol. The number of H-pyrrole nitrogens is 2. The maximum Gasteiger partial charge on any atom is 1.00 e. The molecule has 9 rings (SSSR count). The van der Waals surface area contributed by atoms with E-state index in [-0.39, 0.29) is 209 Å². The molecule has 4 aromatic carbocycles. The topological polar surface area (TPSA) is 338 Å². The van der Waals surface area contributed by atoms with Crippen LogP contribution in [0.3, 0.4) is 0 Å². The summed E-state index contributed by atoms with van der Waals surface area (Å²) in [4.78, 5) is 30.5. The van der Waals surface area contributed by atoms with E-state index in [0.29, 0.717) is 0 Å². The van der Waals surface area contributed by atoms with E-state index in [9.17, 15) is 51.9 Å². The Kier molecular flexibility index (Phi) is 13.9. The summed E-state index contributed by atoms with van der Waals surface area (Å²) < 4.78 is 145. The van der Waals surface area contributed by atoms with E-state index < -0.39 is 60.1 Å². The first-order chi connectivity index (χ1) is 26.2. The largest absolute Gasteiger partial charge is 1.00 e. The van der Waals surface area contributed by atoms with Crippen molar-refractivity contribution in [1.82, 2.24) is 39.9 Å². The van der Waals surface area contributed by atoms with Crippen LogP contribution < -0.4 is 118 Å². The second-order valence-corrected chi connectivity index (χ2v) is 17.8. The van der Waals surface area contributed by atoms with Gasteiger partial charge in [-0.15, -0.1) is 0 Å². The third-order valence-corrected chi connectivity index (χ3v) is 12.2. The summed E-state index contributed by atoms with van der Waals surface area (Å²) in [6.45, 7) is 0. The van der Waals surface area contributed by atoms with Gasteiger partial charge in [-0.1, -0.05) is 0 Å². The normalized spacial score (nSPS) is 12.3. The van der Waals surface area contributed by atoms with E-state index >= 15 is 0 Å². The van der Waals surface area contributed by atoms with Crippen LogP contribution in [-0.4, -0.2) is 91.8 Å². The summed E-state index contributed by atoms with van der Waals surface area (Å²) in [5, 5.41) is 0.283. The number of benzene rings is 4. The van der Waals surface area contributed by atoms with Crippen molar-refractivity contribution < 1.29 is 170 Å². The van der Waals surface area contributed by atoms with E-state index in [4.69, 9.17) is 0 Å². The molecule has 0 saturated heterocycles. The molecule has 60 heavy (non-hydrogen) atoms. The maximum absolute atomic E-state index is 12.1. The van der Waals surface area contributed by atoms with Crippen LogP contribution in [0.2, 0.25) is 0 Å². The van der Waals surface area contributed by atoms with Crippen LogP contribution in [0.25, 0.3) is 90.4 Å². The number of fused-ring (bicyclic) bond motifs is 20. The van der Waals surface area contributed by atoms with Gasteiger partial charge in [0.2, 0.25) is 0 Å². The Labute approximate surface area is 427 Å². The van der Waals surface area contributed by atoms with Crippen molar-refractivity contribution in [3.63, 3.8) is 0 Å². The van der Waals surface area contributed by atoms with Gasteiger partial charge < -0.3 is 28.2 Å². The van der Waals surface area contributed by atoms with E-state index in [2.05, 4.69) is 39.9 Å². The first-order valence-corrected chi connectivity index (χ1v) is 21.1. The van der Waals surface area contributed by atoms with Crippen molar-refractivity contribution in [3.05, 3.63) is 72.8 Å². The van der Waals surface area contributed by atoms with Gasteiger partial charge in [-0.2, -0.15) is 0 Å². The van der Waals surface area contributed by atoms with Crippen molar-refractivity contribution in [2.45, 2.75) is 19.6 Å². The molecule has 20 nitrogen and oxygen atoms in total. The number of rotatable bonds is 4. The molecule has 6 aromatic rings. The van der Waals surface area contributed by atoms with Gasteiger partial charge in [0.1, 0.15) is 57.6 Å². The molecule has 2 aromatic heterocycles. The van der Waals surface area contributed by atoms with Gasteiger partial charge in [0.25, 0.3) is 0 Å². The Morgan fingerprint density at radius 2 is 0.717 bits per heavy atom. The number of aromatic amines is 2. The number of aromatic nitrogens is 8. The minimum Gasteiger partial charge on any atom is -0.744 e. The fourth-order valence-electron chi connectivity index (χ4n) is 6.33. The molecule has 2 N–H and O–H groups in total. The minimum atomic E-state index is -5.01. The summed E-state index contributed by atoms with van der Waals surface area (Å²) >= 11 is 0. The minimum absolute atomic E-state index is 0. The number of hydrogen-bond acceptors (Lipinski definition) is 18. The average Bonchev–Trinajstić information content (AvgIpc) is 3.84. The molecule has 0 saturated carbocycles. The molecule has 3 aliphatic heterocycles. The molecule has 0 aliphatic carbocycles. The number of nitrogens with zero attached hydrogens (tertiary/aromatic N) is 6. The molecule has 0 unspecified atom stereocenters. The van der Waals surface area contributed by atoms with E-state index in [1.165, 1.54) is 24.3 Å². The van der Waals surface area contributed by atoms with Crippen LogP contribution in [-0.2, 0) is 40.5 Å². The van der Waals surface area contributed by atoms with Crippen LogP contribution in [0.4, 0.5) is 0 Å². The molecular formula is C32H14N8Na4O12S4. The number of hydrogen-bond donors (Lipinski definition) is 2. The Hall–Kier alpha value is -2.12. The molecular weight excluding hydrogens is 909 g/mol. The Morgan fingerprint density at radius 1 is 0.367 bits per heavy atom. The Balaban J connectivity index is 0.00000171. The van der Waals surface area contributed by atoms with Crippen molar-refractivity contribution >= 4 is 62.5 Å². The molecule has 8 bridgehead atoms. The summed E-state index contributed by atoms with van der Waals surface area (Å²) in [6.07, 6.45) is 0. The van der Waals surface area contributed by atoms with Gasteiger partial charge in [0.05, 0.1) is 19.6 Å². The van der Waals surface area contributed by atoms with Gasteiger partial charge in [-0.3, -0.25) is 0 Å². The molecule has 0 spiro atoms. The van der Waals surface area contributed by atoms with Gasteiger partial charge in [-0.05, 0) is 72.8 Å². The van der Waals surface area contributed by atoms with E-state index in [1.54, 1.807) is 0 Å². The average molecular weight is 923 g/mol. The smallest absolute Gasteiger partial charge is 0.744 e. The Morgan fingerprint density at radius 3 is 1.17 bits per heavy atom. The maximum atomic E-state index is 12.1. The second kappa shape index (κ2) is 17.1. The third-order valence-electron chi connectivity index (χ3n) is 8.87. The zero-order valence-corrected chi connectivity index (χ0v) is 42.4. The van der Waals surface area contributed by atoms with Crippen LogP contribution in [0, 0.1) is 0 Å². The fraction of sp³-hybridized carbons (Fsp3) is 0. The van der Waals surface area contributed by atoms with Gasteiger partial charge in [0.15, 0.2) is 29.1 Å². The van der Waals surface area contributed by atoms with Crippen molar-refractivity contribution in [1.29, 1.82) is 0 Å². The molecule has 0 fully saturated rings. The molecule has 3 aliphatic rings. The summed E-state index contributed by atoms with van der Waals surface area (Å²) in [5.74, 6) is -1.02. The van der Waals surface area contributed by atoms with E-state index in [0.717, 1.165) is 48.5 Å². The predicted molar refractivity (Wildman–Crippen MR) is 186 cm³/mol. The molecule has 5 heterocycles. The van der Waals surface area contributed by atoms with Crippen molar-refractivity contribution in [2.24, 2.45) is 0 Å². The van der Waals surface area contributed by atoms with Gasteiger partial charge in [0, 0.05) is 44.2 Å². The zero-order chi connectivity index (χ0) is 39.7. The summed E-state index contributed by atoms with van der Waals surface area (Å²) in [6, 6.07) is 13.2. The molecule has 0 radical (unpaired) electrons. The quantitative estimate of drug-likeness (QED) is 0.122. The van der Waals surface area contributed by atoms with Crippen LogP contribution in [0.5, 0.6) is 0 Å². The van der Waals surface area contributed by atoms with Crippen LogP contribution in [0.1, 0.15) is 0 Å². The third kappa shape index (κ3) is 8.85. The van der Waals surface area contributed by atoms with Crippen molar-refractivity contribution in [2.75, 3.05) is 0 Å². The molecule has 0 atom stereocenters. The molecule has 0 amide bonds. The zero-order valence-electron chi connectivity index (χ0n) is 31.1. The van der Waals surface area contributed by atoms with Crippen molar-refractivity contribution in [3.8, 4) is 68.3 Å². The first kappa shape index (κ1) is 48.9. The second-order valence-electron chi connectivity index (χ2n) is 12.3. The Bertz CT molecular complexity index is 3520. The van der Waals surface area contributed by atoms with Crippen LogP contribution >= 0.6 is 0 Å². The number of nitrogens with one attached hydrogen (secondary N) is 2. The van der Waals surface area contributed by atoms with Gasteiger partial charge >= 0.3 is 118 Å². The van der Waals surface area contributed by atoms with Crippen LogP contribution in [0.15, 0.2) is 92.4 Å². The first-order valence-electron chi connectivity index (χ1n) is 15.5. The van der Waals surface area contributed by atoms with E-state index in [1.807, 2.05) is 0 Å². The SMILES string of the molecule is O=S(=O)([O-])c1ccc2c(c1)-c1nc3nc(nc4[nH]c([nH]c5nc(nc-2n1)-c1cc(S(=O)(=O)[O-])ccc1-5)c1cc(S(=O)(=O)[O-])ccc41)-c1cc(S(=O)(=O)[O-])ccc1-3.[Na+].[Na+].[Na+].[Na+]. The summed E-state index contributed by atoms with van der Waals surface area (Å²) in [7, 11) is -20.0. The summed E-state index contributed by atoms with van der Waals surface area (Å²) in [5.41, 5.74) is 0.423. The van der Waals surface area contributed by atoms with Gasteiger partial charge in [-0.25, -0.2) is 63.6 Å². The standard InChI is InChI=1S/C32H18N8O12S4.4Na/c41-53(42,43)13-1-5-17-21(9-13)29-33-25(17)37-30-22-10-14(54(44,45)46)2-6-18(22)27(34-30)39-32-24-12-16(56(50,51)52)4-8-20(24)28(36-32)40-31-23-11-15(55(47,48)49)3-7-19(23)26(35-31)38-29;;;;/h1-12H,(H,41,42,43)(H,44,45,46)(H,47,48,49)(H,50,51,52)(H2,33,34,35,36,37,38,39,40);;;;/q;4*+1/p-4.